The molecule has 0 radical (unpaired) electrons. The van der Waals surface area contributed by atoms with Crippen LogP contribution in [0.4, 0.5) is 4.39 Å². The fourth-order valence-corrected chi connectivity index (χ4v) is 3.68. The Morgan fingerprint density at radius 2 is 2.14 bits per heavy atom. The van der Waals surface area contributed by atoms with Gasteiger partial charge < -0.3 is 20.3 Å². The molecule has 2 aromatic carbocycles. The van der Waals surface area contributed by atoms with Crippen molar-refractivity contribution in [2.75, 3.05) is 6.54 Å². The van der Waals surface area contributed by atoms with E-state index in [4.69, 9.17) is 11.6 Å². The van der Waals surface area contributed by atoms with Crippen molar-refractivity contribution >= 4 is 34.4 Å². The maximum Gasteiger partial charge on any atom is 0.264 e. The minimum Gasteiger partial charge on any atom is -0.372 e. The number of aliphatic hydroxyl groups is 1. The van der Waals surface area contributed by atoms with Crippen molar-refractivity contribution in [2.24, 2.45) is 0 Å². The number of H-pyrrole nitrogens is 1. The quantitative estimate of drug-likeness (QED) is 0.555. The largest absolute Gasteiger partial charge is 0.372 e. The summed E-state index contributed by atoms with van der Waals surface area (Å²) in [4.78, 5) is 34.1. The van der Waals surface area contributed by atoms with Gasteiger partial charge in [-0.05, 0) is 35.9 Å². The second-order valence-corrected chi connectivity index (χ2v) is 7.43. The molecule has 9 heteroatoms. The van der Waals surface area contributed by atoms with Crippen LogP contribution in [-0.4, -0.2) is 43.9 Å². The number of para-hydroxylation sites is 2. The Labute approximate surface area is 170 Å². The molecule has 1 aliphatic heterocycles. The Morgan fingerprint density at radius 3 is 2.90 bits per heavy atom. The van der Waals surface area contributed by atoms with E-state index in [1.165, 1.54) is 17.0 Å². The Kier molecular flexibility index (Phi) is 4.97. The number of fused-ring (bicyclic) bond motifs is 1. The first-order valence-electron chi connectivity index (χ1n) is 9.04. The number of benzene rings is 2. The van der Waals surface area contributed by atoms with Crippen LogP contribution in [0.15, 0.2) is 42.5 Å². The molecule has 0 bridgehead atoms. The Hall–Kier alpha value is -2.97. The molecule has 0 aliphatic carbocycles. The number of halogens is 2. The van der Waals surface area contributed by atoms with Gasteiger partial charge in [-0.15, -0.1) is 0 Å². The van der Waals surface area contributed by atoms with E-state index in [1.807, 2.05) is 24.3 Å². The highest BCUT2D eigenvalue weighted by Gasteiger charge is 2.51. The number of aromatic amines is 1. The van der Waals surface area contributed by atoms with Crippen molar-refractivity contribution < 1.29 is 19.1 Å². The lowest BCUT2D eigenvalue weighted by atomic mass is 10.0. The van der Waals surface area contributed by atoms with E-state index >= 15 is 0 Å². The van der Waals surface area contributed by atoms with Crippen molar-refractivity contribution in [3.63, 3.8) is 0 Å². The van der Waals surface area contributed by atoms with Gasteiger partial charge in [0.15, 0.2) is 0 Å². The summed E-state index contributed by atoms with van der Waals surface area (Å²) in [5.41, 5.74) is -0.119. The molecule has 2 amide bonds. The summed E-state index contributed by atoms with van der Waals surface area (Å²) in [7, 11) is 0. The van der Waals surface area contributed by atoms with Crippen molar-refractivity contribution in [1.29, 1.82) is 0 Å². The van der Waals surface area contributed by atoms with E-state index < -0.39 is 23.2 Å². The molecule has 2 heterocycles. The van der Waals surface area contributed by atoms with Gasteiger partial charge in [-0.3, -0.25) is 9.59 Å². The van der Waals surface area contributed by atoms with Gasteiger partial charge in [0.2, 0.25) is 5.60 Å². The van der Waals surface area contributed by atoms with E-state index in [1.54, 1.807) is 0 Å². The SMILES string of the molecule is O=C(NCc1cc(F)cc(Cl)c1)C1(O)CCN(Cc2nc3ccccc3[nH]2)C1=O. The zero-order valence-corrected chi connectivity index (χ0v) is 16.0. The van der Waals surface area contributed by atoms with Gasteiger partial charge in [-0.2, -0.15) is 0 Å². The van der Waals surface area contributed by atoms with Crippen molar-refractivity contribution in [3.8, 4) is 0 Å². The van der Waals surface area contributed by atoms with Gasteiger partial charge in [-0.25, -0.2) is 9.37 Å². The van der Waals surface area contributed by atoms with Gasteiger partial charge in [-0.1, -0.05) is 23.7 Å². The summed E-state index contributed by atoms with van der Waals surface area (Å²) in [6, 6.07) is 11.3. The van der Waals surface area contributed by atoms with E-state index in [0.29, 0.717) is 11.4 Å². The van der Waals surface area contributed by atoms with Gasteiger partial charge in [0.1, 0.15) is 11.6 Å². The predicted molar refractivity (Wildman–Crippen MR) is 104 cm³/mol. The monoisotopic (exact) mass is 416 g/mol. The van der Waals surface area contributed by atoms with Crippen molar-refractivity contribution in [3.05, 3.63) is 64.7 Å². The second-order valence-electron chi connectivity index (χ2n) is 7.00. The number of hydrogen-bond acceptors (Lipinski definition) is 4. The third kappa shape index (κ3) is 3.81. The number of rotatable bonds is 5. The first-order valence-corrected chi connectivity index (χ1v) is 9.41. The molecule has 7 nitrogen and oxygen atoms in total. The van der Waals surface area contributed by atoms with Gasteiger partial charge >= 0.3 is 0 Å². The maximum atomic E-state index is 13.4. The van der Waals surface area contributed by atoms with E-state index in [2.05, 4.69) is 15.3 Å². The molecule has 1 unspecified atom stereocenters. The Morgan fingerprint density at radius 1 is 1.34 bits per heavy atom. The average molecular weight is 417 g/mol. The third-order valence-electron chi connectivity index (χ3n) is 4.91. The number of hydrogen-bond donors (Lipinski definition) is 3. The minimum absolute atomic E-state index is 0.0399. The summed E-state index contributed by atoms with van der Waals surface area (Å²) < 4.78 is 13.4. The highest BCUT2D eigenvalue weighted by atomic mass is 35.5. The van der Waals surface area contributed by atoms with Crippen LogP contribution in [0, 0.1) is 5.82 Å². The smallest absolute Gasteiger partial charge is 0.264 e. The molecule has 1 saturated heterocycles. The predicted octanol–water partition coefficient (Wildman–Crippen LogP) is 2.14. The number of aromatic nitrogens is 2. The zero-order chi connectivity index (χ0) is 20.6. The molecule has 1 aliphatic rings. The lowest BCUT2D eigenvalue weighted by Gasteiger charge is -2.21. The van der Waals surface area contributed by atoms with Crippen LogP contribution in [-0.2, 0) is 22.7 Å². The molecule has 4 rings (SSSR count). The fourth-order valence-electron chi connectivity index (χ4n) is 3.43. The Balaban J connectivity index is 1.42. The van der Waals surface area contributed by atoms with Crippen LogP contribution < -0.4 is 5.32 Å². The molecule has 0 saturated carbocycles. The molecule has 3 N–H and O–H groups in total. The van der Waals surface area contributed by atoms with E-state index in [-0.39, 0.29) is 31.1 Å². The lowest BCUT2D eigenvalue weighted by Crippen LogP contribution is -2.52. The Bertz CT molecular complexity index is 1050. The second kappa shape index (κ2) is 7.46. The van der Waals surface area contributed by atoms with Gasteiger partial charge in [0, 0.05) is 24.5 Å². The van der Waals surface area contributed by atoms with Crippen molar-refractivity contribution in [1.82, 2.24) is 20.2 Å². The fraction of sp³-hybridized carbons (Fsp3) is 0.250. The molecule has 3 aromatic rings. The van der Waals surface area contributed by atoms with E-state index in [9.17, 15) is 19.1 Å². The summed E-state index contributed by atoms with van der Waals surface area (Å²) in [6.45, 7) is 0.309. The van der Waals surface area contributed by atoms with Crippen LogP contribution in [0.1, 0.15) is 17.8 Å². The van der Waals surface area contributed by atoms with Gasteiger partial charge in [0.25, 0.3) is 11.8 Å². The molecule has 29 heavy (non-hydrogen) atoms. The number of carbonyl (C=O) groups excluding carboxylic acids is 2. The topological polar surface area (TPSA) is 98.3 Å². The van der Waals surface area contributed by atoms with Crippen LogP contribution in [0.25, 0.3) is 11.0 Å². The van der Waals surface area contributed by atoms with E-state index in [0.717, 1.165) is 17.1 Å². The molecular formula is C20H18ClFN4O3. The lowest BCUT2D eigenvalue weighted by molar-refractivity contribution is -0.154. The third-order valence-corrected chi connectivity index (χ3v) is 5.13. The van der Waals surface area contributed by atoms with Crippen LogP contribution >= 0.6 is 11.6 Å². The molecule has 1 fully saturated rings. The normalized spacial score (nSPS) is 19.1. The summed E-state index contributed by atoms with van der Waals surface area (Å²) >= 11 is 5.80. The van der Waals surface area contributed by atoms with Crippen LogP contribution in [0.3, 0.4) is 0 Å². The summed E-state index contributed by atoms with van der Waals surface area (Å²) in [6.07, 6.45) is -0.0399. The number of nitrogens with one attached hydrogen (secondary N) is 2. The van der Waals surface area contributed by atoms with Gasteiger partial charge in [0.05, 0.1) is 17.6 Å². The summed E-state index contributed by atoms with van der Waals surface area (Å²) in [5.74, 6) is -1.48. The summed E-state index contributed by atoms with van der Waals surface area (Å²) in [5, 5.41) is 13.4. The first-order chi connectivity index (χ1) is 13.8. The number of likely N-dealkylation sites (tertiary alicyclic amines) is 1. The zero-order valence-electron chi connectivity index (χ0n) is 15.3. The molecular weight excluding hydrogens is 399 g/mol. The first kappa shape index (κ1) is 19.4. The van der Waals surface area contributed by atoms with Crippen LogP contribution in [0.2, 0.25) is 5.02 Å². The number of carbonyl (C=O) groups is 2. The number of amides is 2. The standard InChI is InChI=1S/C20H18ClFN4O3/c21-13-7-12(8-14(22)9-13)10-23-18(27)20(29)5-6-26(19(20)28)11-17-24-15-3-1-2-4-16(15)25-17/h1-4,7-9,29H,5-6,10-11H2,(H,23,27)(H,24,25). The maximum absolute atomic E-state index is 13.4. The average Bonchev–Trinajstić information content (AvgIpc) is 3.22. The number of imidazole rings is 1. The highest BCUT2D eigenvalue weighted by Crippen LogP contribution is 2.25. The molecule has 0 spiro atoms. The highest BCUT2D eigenvalue weighted by molar-refractivity contribution is 6.30. The van der Waals surface area contributed by atoms with Crippen molar-refractivity contribution in [2.45, 2.75) is 25.1 Å². The molecule has 150 valence electrons. The molecule has 1 aromatic heterocycles. The molecule has 1 atom stereocenters. The van der Waals surface area contributed by atoms with Crippen LogP contribution in [0.5, 0.6) is 0 Å². The minimum atomic E-state index is -2.16. The number of nitrogens with zero attached hydrogens (tertiary/aromatic N) is 2.